The van der Waals surface area contributed by atoms with Crippen LogP contribution in [0.4, 0.5) is 0 Å². The first-order chi connectivity index (χ1) is 9.51. The van der Waals surface area contributed by atoms with Crippen LogP contribution in [0.25, 0.3) is 0 Å². The molecule has 2 saturated carbocycles. The molecule has 1 saturated heterocycles. The highest BCUT2D eigenvalue weighted by atomic mass is 16.2. The van der Waals surface area contributed by atoms with E-state index >= 15 is 0 Å². The van der Waals surface area contributed by atoms with Crippen molar-refractivity contribution in [3.05, 3.63) is 0 Å². The fourth-order valence-electron chi connectivity index (χ4n) is 4.58. The molecule has 4 unspecified atom stereocenters. The minimum atomic E-state index is -0.516. The summed E-state index contributed by atoms with van der Waals surface area (Å²) in [6.07, 6.45) is 8.39. The van der Waals surface area contributed by atoms with Crippen molar-refractivity contribution < 1.29 is 9.59 Å². The number of rotatable bonds is 0. The number of carbonyl (C=O) groups excluding carboxylic acids is 2. The van der Waals surface area contributed by atoms with Crippen molar-refractivity contribution >= 4 is 11.8 Å². The summed E-state index contributed by atoms with van der Waals surface area (Å²) < 4.78 is 0. The molecule has 3 fully saturated rings. The third-order valence-corrected chi connectivity index (χ3v) is 6.08. The van der Waals surface area contributed by atoms with Crippen molar-refractivity contribution in [2.45, 2.75) is 76.3 Å². The Kier molecular flexibility index (Phi) is 3.39. The molecule has 3 rings (SSSR count). The van der Waals surface area contributed by atoms with Gasteiger partial charge in [-0.05, 0) is 37.5 Å². The summed E-state index contributed by atoms with van der Waals surface area (Å²) in [4.78, 5) is 25.1. The lowest BCUT2D eigenvalue weighted by Gasteiger charge is -2.54. The summed E-state index contributed by atoms with van der Waals surface area (Å²) >= 11 is 0. The first kappa shape index (κ1) is 14.1. The molecule has 0 aromatic rings. The van der Waals surface area contributed by atoms with Gasteiger partial charge in [-0.25, -0.2) is 0 Å². The molecule has 2 aliphatic carbocycles. The van der Waals surface area contributed by atoms with Crippen LogP contribution in [0.1, 0.15) is 65.2 Å². The fraction of sp³-hybridized carbons (Fsp3) is 0.875. The number of amides is 2. The Balaban J connectivity index is 1.97. The molecule has 20 heavy (non-hydrogen) atoms. The highest BCUT2D eigenvalue weighted by Crippen LogP contribution is 2.43. The highest BCUT2D eigenvalue weighted by Gasteiger charge is 2.58. The molecule has 1 aliphatic heterocycles. The number of nitrogens with one attached hydrogen (secondary N) is 2. The maximum atomic E-state index is 12.5. The van der Waals surface area contributed by atoms with Gasteiger partial charge in [0.1, 0.15) is 11.1 Å². The van der Waals surface area contributed by atoms with Crippen LogP contribution in [0.5, 0.6) is 0 Å². The van der Waals surface area contributed by atoms with Gasteiger partial charge in [0.15, 0.2) is 0 Å². The number of piperazine rings is 1. The van der Waals surface area contributed by atoms with Crippen molar-refractivity contribution in [2.24, 2.45) is 11.8 Å². The lowest BCUT2D eigenvalue weighted by Crippen LogP contribution is -2.79. The standard InChI is InChI=1S/C16H26N2O2/c1-11-7-3-5-9-15(11)13(19)17-14(20)16(18-15)10-6-4-8-12(16)2/h11-12,18H,3-10H2,1-2H3,(H,17,19,20). The predicted molar refractivity (Wildman–Crippen MR) is 77.0 cm³/mol. The number of imide groups is 1. The SMILES string of the molecule is CC1CCCCC12NC1(CCCCC1C)C(=O)NC2=O. The highest BCUT2D eigenvalue weighted by molar-refractivity contribution is 6.07. The van der Waals surface area contributed by atoms with Crippen LogP contribution in [0.3, 0.4) is 0 Å². The smallest absolute Gasteiger partial charge is 0.247 e. The first-order valence-electron chi connectivity index (χ1n) is 8.16. The molecule has 2 amide bonds. The van der Waals surface area contributed by atoms with Gasteiger partial charge in [-0.15, -0.1) is 0 Å². The molecule has 4 atom stereocenters. The van der Waals surface area contributed by atoms with E-state index in [1.54, 1.807) is 0 Å². The second kappa shape index (κ2) is 4.83. The van der Waals surface area contributed by atoms with E-state index < -0.39 is 11.1 Å². The second-order valence-electron chi connectivity index (χ2n) is 7.14. The van der Waals surface area contributed by atoms with E-state index in [2.05, 4.69) is 24.5 Å². The first-order valence-corrected chi connectivity index (χ1v) is 8.16. The molecule has 0 aromatic heterocycles. The van der Waals surface area contributed by atoms with Gasteiger partial charge < -0.3 is 0 Å². The van der Waals surface area contributed by atoms with Gasteiger partial charge in [0.2, 0.25) is 11.8 Å². The van der Waals surface area contributed by atoms with E-state index in [1.165, 1.54) is 12.8 Å². The van der Waals surface area contributed by atoms with E-state index in [0.717, 1.165) is 38.5 Å². The van der Waals surface area contributed by atoms with Gasteiger partial charge >= 0.3 is 0 Å². The summed E-state index contributed by atoms with van der Waals surface area (Å²) in [7, 11) is 0. The largest absolute Gasteiger partial charge is 0.293 e. The normalized spacial score (nSPS) is 45.7. The molecule has 1 heterocycles. The molecule has 0 radical (unpaired) electrons. The van der Waals surface area contributed by atoms with E-state index in [1.807, 2.05) is 0 Å². The summed E-state index contributed by atoms with van der Waals surface area (Å²) in [5.74, 6) is 0.432. The van der Waals surface area contributed by atoms with Gasteiger partial charge in [0.25, 0.3) is 0 Å². The van der Waals surface area contributed by atoms with Gasteiger partial charge in [-0.1, -0.05) is 39.5 Å². The van der Waals surface area contributed by atoms with E-state index in [9.17, 15) is 9.59 Å². The lowest BCUT2D eigenvalue weighted by atomic mass is 9.65. The van der Waals surface area contributed by atoms with Gasteiger partial charge in [0.05, 0.1) is 0 Å². The minimum Gasteiger partial charge on any atom is -0.293 e. The average Bonchev–Trinajstić information content (AvgIpc) is 2.42. The fourth-order valence-corrected chi connectivity index (χ4v) is 4.58. The predicted octanol–water partition coefficient (Wildman–Crippen LogP) is 2.13. The minimum absolute atomic E-state index is 0.0851. The topological polar surface area (TPSA) is 58.2 Å². The Morgan fingerprint density at radius 2 is 1.30 bits per heavy atom. The monoisotopic (exact) mass is 278 g/mol. The third-order valence-electron chi connectivity index (χ3n) is 6.08. The number of carbonyl (C=O) groups is 2. The molecular formula is C16H26N2O2. The Morgan fingerprint density at radius 1 is 0.850 bits per heavy atom. The maximum Gasteiger partial charge on any atom is 0.247 e. The summed E-state index contributed by atoms with van der Waals surface area (Å²) in [5, 5.41) is 6.34. The third kappa shape index (κ3) is 1.84. The average molecular weight is 278 g/mol. The van der Waals surface area contributed by atoms with Crippen LogP contribution in [0.15, 0.2) is 0 Å². The second-order valence-corrected chi connectivity index (χ2v) is 7.14. The van der Waals surface area contributed by atoms with Crippen molar-refractivity contribution in [3.8, 4) is 0 Å². The molecule has 112 valence electrons. The van der Waals surface area contributed by atoms with Crippen molar-refractivity contribution in [1.29, 1.82) is 0 Å². The van der Waals surface area contributed by atoms with Gasteiger partial charge in [-0.3, -0.25) is 20.2 Å². The number of hydrogen-bond donors (Lipinski definition) is 2. The molecule has 0 aromatic carbocycles. The summed E-state index contributed by atoms with van der Waals surface area (Å²) in [6.45, 7) is 4.31. The lowest BCUT2D eigenvalue weighted by molar-refractivity contribution is -0.152. The summed E-state index contributed by atoms with van der Waals surface area (Å²) in [5.41, 5.74) is -1.03. The molecule has 2 spiro atoms. The Bertz CT molecular complexity index is 398. The summed E-state index contributed by atoms with van der Waals surface area (Å²) in [6, 6.07) is 0. The van der Waals surface area contributed by atoms with Crippen LogP contribution in [0, 0.1) is 11.8 Å². The van der Waals surface area contributed by atoms with Crippen LogP contribution >= 0.6 is 0 Å². The zero-order chi connectivity index (χ0) is 14.4. The quantitative estimate of drug-likeness (QED) is 0.667. The molecule has 4 nitrogen and oxygen atoms in total. The molecule has 3 aliphatic rings. The maximum absolute atomic E-state index is 12.5. The zero-order valence-corrected chi connectivity index (χ0v) is 12.6. The number of hydrogen-bond acceptors (Lipinski definition) is 3. The van der Waals surface area contributed by atoms with Gasteiger partial charge in [-0.2, -0.15) is 0 Å². The zero-order valence-electron chi connectivity index (χ0n) is 12.6. The van der Waals surface area contributed by atoms with Crippen molar-refractivity contribution in [2.75, 3.05) is 0 Å². The van der Waals surface area contributed by atoms with Crippen LogP contribution in [-0.2, 0) is 9.59 Å². The van der Waals surface area contributed by atoms with Crippen molar-refractivity contribution in [1.82, 2.24) is 10.6 Å². The van der Waals surface area contributed by atoms with Crippen LogP contribution in [-0.4, -0.2) is 22.9 Å². The van der Waals surface area contributed by atoms with Crippen LogP contribution < -0.4 is 10.6 Å². The Morgan fingerprint density at radius 3 is 1.70 bits per heavy atom. The van der Waals surface area contributed by atoms with Crippen molar-refractivity contribution in [3.63, 3.8) is 0 Å². The molecular weight excluding hydrogens is 252 g/mol. The van der Waals surface area contributed by atoms with Crippen LogP contribution in [0.2, 0.25) is 0 Å². The molecule has 4 heteroatoms. The van der Waals surface area contributed by atoms with Gasteiger partial charge in [0, 0.05) is 0 Å². The molecule has 0 bridgehead atoms. The molecule has 2 N–H and O–H groups in total. The Labute approximate surface area is 121 Å². The van der Waals surface area contributed by atoms with E-state index in [4.69, 9.17) is 0 Å². The van der Waals surface area contributed by atoms with E-state index in [0.29, 0.717) is 11.8 Å². The van der Waals surface area contributed by atoms with E-state index in [-0.39, 0.29) is 11.8 Å². The Hall–Kier alpha value is -0.900.